The summed E-state index contributed by atoms with van der Waals surface area (Å²) in [6, 6.07) is 0.317. The van der Waals surface area contributed by atoms with Gasteiger partial charge in [-0.2, -0.15) is 0 Å². The molecular formula is C13H23BN2O3. The summed E-state index contributed by atoms with van der Waals surface area (Å²) in [5.41, 5.74) is -0.0579. The number of allylic oxidation sites excluding steroid dienone is 1. The van der Waals surface area contributed by atoms with Crippen LogP contribution < -0.4 is 5.32 Å². The number of hydrogen-bond acceptors (Lipinski definition) is 5. The largest absolute Gasteiger partial charge is 0.497 e. The minimum atomic E-state index is -0.489. The van der Waals surface area contributed by atoms with Gasteiger partial charge >= 0.3 is 7.12 Å². The Hall–Kier alpha value is -0.845. The lowest BCUT2D eigenvalue weighted by molar-refractivity contribution is 0.00578. The van der Waals surface area contributed by atoms with Gasteiger partial charge in [0.05, 0.1) is 23.9 Å². The van der Waals surface area contributed by atoms with Crippen molar-refractivity contribution in [3.05, 3.63) is 11.7 Å². The van der Waals surface area contributed by atoms with Gasteiger partial charge in [-0.05, 0) is 40.3 Å². The Balaban J connectivity index is 2.02. The highest BCUT2D eigenvalue weighted by molar-refractivity contribution is 6.60. The third kappa shape index (κ3) is 3.01. The number of nitrogens with one attached hydrogen (secondary N) is 2. The van der Waals surface area contributed by atoms with E-state index in [0.717, 1.165) is 13.0 Å². The molecule has 2 N–H and O–H groups in total. The topological polar surface area (TPSA) is 63.6 Å². The average molecular weight is 266 g/mol. The lowest BCUT2D eigenvalue weighted by Gasteiger charge is -2.32. The summed E-state index contributed by atoms with van der Waals surface area (Å²) in [6.07, 6.45) is 4.09. The molecule has 0 spiro atoms. The minimum absolute atomic E-state index is 0.317. The van der Waals surface area contributed by atoms with Crippen molar-refractivity contribution < 1.29 is 14.0 Å². The first-order chi connectivity index (χ1) is 8.86. The summed E-state index contributed by atoms with van der Waals surface area (Å²) >= 11 is 0. The molecule has 2 fully saturated rings. The molecule has 0 aromatic carbocycles. The molecule has 19 heavy (non-hydrogen) atoms. The van der Waals surface area contributed by atoms with Gasteiger partial charge < -0.3 is 24.8 Å². The molecule has 2 aliphatic heterocycles. The molecule has 5 nitrogen and oxygen atoms in total. The van der Waals surface area contributed by atoms with E-state index in [-0.39, 0.29) is 11.2 Å². The molecule has 0 aromatic heterocycles. The molecule has 0 radical (unpaired) electrons. The summed E-state index contributed by atoms with van der Waals surface area (Å²) in [7, 11) is -0.489. The number of ether oxygens (including phenoxy) is 1. The van der Waals surface area contributed by atoms with Gasteiger partial charge in [0.25, 0.3) is 0 Å². The van der Waals surface area contributed by atoms with Gasteiger partial charge in [0.1, 0.15) is 0 Å². The van der Waals surface area contributed by atoms with Gasteiger partial charge in [-0.15, -0.1) is 0 Å². The predicted octanol–water partition coefficient (Wildman–Crippen LogP) is 1.53. The van der Waals surface area contributed by atoms with E-state index in [1.54, 1.807) is 0 Å². The summed E-state index contributed by atoms with van der Waals surface area (Å²) in [5.74, 6) is 0. The van der Waals surface area contributed by atoms with Crippen LogP contribution in [0.3, 0.4) is 0 Å². The minimum Gasteiger partial charge on any atom is -0.399 e. The Morgan fingerprint density at radius 3 is 2.37 bits per heavy atom. The first-order valence-electron chi connectivity index (χ1n) is 6.76. The quantitative estimate of drug-likeness (QED) is 0.598. The monoisotopic (exact) mass is 266 g/mol. The molecule has 106 valence electrons. The van der Waals surface area contributed by atoms with Crippen molar-refractivity contribution in [1.29, 1.82) is 5.41 Å². The first-order valence-corrected chi connectivity index (χ1v) is 6.76. The van der Waals surface area contributed by atoms with E-state index < -0.39 is 7.12 Å². The fourth-order valence-corrected chi connectivity index (χ4v) is 2.04. The van der Waals surface area contributed by atoms with E-state index in [0.29, 0.717) is 18.1 Å². The van der Waals surface area contributed by atoms with E-state index in [4.69, 9.17) is 19.5 Å². The zero-order chi connectivity index (χ0) is 14.1. The van der Waals surface area contributed by atoms with Crippen LogP contribution in [-0.2, 0) is 14.0 Å². The molecular weight excluding hydrogens is 243 g/mol. The van der Waals surface area contributed by atoms with Crippen molar-refractivity contribution in [3.63, 3.8) is 0 Å². The van der Waals surface area contributed by atoms with Gasteiger partial charge in [0.2, 0.25) is 0 Å². The van der Waals surface area contributed by atoms with E-state index in [2.05, 4.69) is 5.32 Å². The Kier molecular flexibility index (Phi) is 4.04. The first kappa shape index (κ1) is 14.6. The van der Waals surface area contributed by atoms with Crippen LogP contribution in [0.4, 0.5) is 0 Å². The molecule has 2 aliphatic rings. The van der Waals surface area contributed by atoms with Crippen molar-refractivity contribution >= 4 is 13.3 Å². The molecule has 2 rings (SSSR count). The second-order valence-corrected chi connectivity index (χ2v) is 6.10. The van der Waals surface area contributed by atoms with Crippen LogP contribution >= 0.6 is 0 Å². The van der Waals surface area contributed by atoms with Crippen LogP contribution in [0.25, 0.3) is 0 Å². The third-order valence-electron chi connectivity index (χ3n) is 4.11. The van der Waals surface area contributed by atoms with Gasteiger partial charge in [-0.25, -0.2) is 0 Å². The van der Waals surface area contributed by atoms with Crippen molar-refractivity contribution in [2.75, 3.05) is 13.2 Å². The summed E-state index contributed by atoms with van der Waals surface area (Å²) < 4.78 is 17.1. The Morgan fingerprint density at radius 2 is 1.89 bits per heavy atom. The fourth-order valence-electron chi connectivity index (χ4n) is 2.04. The zero-order valence-electron chi connectivity index (χ0n) is 12.2. The number of hydrogen-bond donors (Lipinski definition) is 2. The van der Waals surface area contributed by atoms with Crippen LogP contribution in [0, 0.1) is 5.41 Å². The van der Waals surface area contributed by atoms with Gasteiger partial charge in [0, 0.05) is 18.3 Å². The molecule has 1 atom stereocenters. The second kappa shape index (κ2) is 5.27. The van der Waals surface area contributed by atoms with Crippen molar-refractivity contribution in [1.82, 2.24) is 5.32 Å². The average Bonchev–Trinajstić information content (AvgIpc) is 2.87. The maximum absolute atomic E-state index is 7.53. The molecule has 2 saturated heterocycles. The normalized spacial score (nSPS) is 29.6. The molecule has 0 aliphatic carbocycles. The van der Waals surface area contributed by atoms with Crippen molar-refractivity contribution in [2.45, 2.75) is 51.4 Å². The van der Waals surface area contributed by atoms with Gasteiger partial charge in [-0.3, -0.25) is 0 Å². The van der Waals surface area contributed by atoms with Crippen molar-refractivity contribution in [2.24, 2.45) is 0 Å². The molecule has 6 heteroatoms. The van der Waals surface area contributed by atoms with Crippen LogP contribution in [-0.4, -0.2) is 43.8 Å². The molecule has 2 heterocycles. The predicted molar refractivity (Wildman–Crippen MR) is 75.3 cm³/mol. The Bertz CT molecular complexity index is 360. The lowest BCUT2D eigenvalue weighted by atomic mass is 9.79. The Labute approximate surface area is 115 Å². The van der Waals surface area contributed by atoms with Crippen LogP contribution in [0.2, 0.25) is 0 Å². The summed E-state index contributed by atoms with van der Waals surface area (Å²) in [6.45, 7) is 9.53. The van der Waals surface area contributed by atoms with Gasteiger partial charge in [0.15, 0.2) is 0 Å². The Morgan fingerprint density at radius 1 is 1.26 bits per heavy atom. The molecule has 0 unspecified atom stereocenters. The maximum atomic E-state index is 7.53. The molecule has 0 bridgehead atoms. The fraction of sp³-hybridized carbons (Fsp3) is 0.769. The summed E-state index contributed by atoms with van der Waals surface area (Å²) in [5, 5.41) is 10.8. The van der Waals surface area contributed by atoms with E-state index in [1.165, 1.54) is 6.21 Å². The van der Waals surface area contributed by atoms with Gasteiger partial charge in [-0.1, -0.05) is 0 Å². The SMILES string of the molecule is CC1(C)OB(/C(C=N)=C/N[C@H]2CCOC2)OC1(C)C. The third-order valence-corrected chi connectivity index (χ3v) is 4.11. The van der Waals surface area contributed by atoms with Crippen LogP contribution in [0.5, 0.6) is 0 Å². The molecule has 0 aromatic rings. The number of rotatable bonds is 4. The standard InChI is InChI=1S/C13H23BN2O3/c1-12(2)13(3,4)19-14(18-12)10(7-15)8-16-11-5-6-17-9-11/h7-8,11,15-16H,5-6,9H2,1-4H3/b10-8+,15-7?/t11-/m0/s1. The van der Waals surface area contributed by atoms with E-state index >= 15 is 0 Å². The van der Waals surface area contributed by atoms with Crippen molar-refractivity contribution in [3.8, 4) is 0 Å². The molecule has 0 amide bonds. The van der Waals surface area contributed by atoms with E-state index in [1.807, 2.05) is 33.9 Å². The maximum Gasteiger partial charge on any atom is 0.497 e. The zero-order valence-corrected chi connectivity index (χ0v) is 12.2. The highest BCUT2D eigenvalue weighted by Gasteiger charge is 2.52. The smallest absolute Gasteiger partial charge is 0.399 e. The van der Waals surface area contributed by atoms with E-state index in [9.17, 15) is 0 Å². The highest BCUT2D eigenvalue weighted by Crippen LogP contribution is 2.38. The lowest BCUT2D eigenvalue weighted by Crippen LogP contribution is -2.41. The highest BCUT2D eigenvalue weighted by atomic mass is 16.7. The second-order valence-electron chi connectivity index (χ2n) is 6.10. The van der Waals surface area contributed by atoms with Crippen LogP contribution in [0.15, 0.2) is 11.7 Å². The van der Waals surface area contributed by atoms with Crippen LogP contribution in [0.1, 0.15) is 34.1 Å². The molecule has 0 saturated carbocycles. The summed E-state index contributed by atoms with van der Waals surface area (Å²) in [4.78, 5) is 0.